The molecule has 0 bridgehead atoms. The number of carbonyl (C=O) groups is 1. The van der Waals surface area contributed by atoms with Gasteiger partial charge in [-0.2, -0.15) is 18.3 Å². The SMILES string of the molecule is CO[C@H]1C[C@@H](S(=O)(=O)c2ccc(-c3cc(C)nn3C)cc2C(F)(F)F)C[C@@H]1C(=O)O. The summed E-state index contributed by atoms with van der Waals surface area (Å²) in [6.45, 7) is 1.69. The summed E-state index contributed by atoms with van der Waals surface area (Å²) in [6.07, 6.45) is -6.29. The molecular weight excluding hydrogens is 425 g/mol. The zero-order valence-electron chi connectivity index (χ0n) is 16.5. The number of nitrogens with zero attached hydrogens (tertiary/aromatic N) is 2. The highest BCUT2D eigenvalue weighted by molar-refractivity contribution is 7.92. The monoisotopic (exact) mass is 446 g/mol. The maximum absolute atomic E-state index is 13.8. The van der Waals surface area contributed by atoms with E-state index in [0.717, 1.165) is 12.1 Å². The zero-order chi connectivity index (χ0) is 22.4. The van der Waals surface area contributed by atoms with Crippen molar-refractivity contribution in [2.75, 3.05) is 7.11 Å². The third kappa shape index (κ3) is 3.95. The fourth-order valence-electron chi connectivity index (χ4n) is 3.95. The molecule has 1 aliphatic rings. The third-order valence-electron chi connectivity index (χ3n) is 5.41. The van der Waals surface area contributed by atoms with Crippen molar-refractivity contribution in [3.8, 4) is 11.3 Å². The van der Waals surface area contributed by atoms with Crippen LogP contribution in [0.25, 0.3) is 11.3 Å². The van der Waals surface area contributed by atoms with Gasteiger partial charge in [0.25, 0.3) is 0 Å². The van der Waals surface area contributed by atoms with Gasteiger partial charge in [0.2, 0.25) is 0 Å². The Labute approximate surface area is 171 Å². The van der Waals surface area contributed by atoms with E-state index in [9.17, 15) is 31.5 Å². The first-order valence-corrected chi connectivity index (χ1v) is 10.6. The number of aromatic nitrogens is 2. The molecule has 3 rings (SSSR count). The van der Waals surface area contributed by atoms with Crippen LogP contribution in [0, 0.1) is 12.8 Å². The third-order valence-corrected chi connectivity index (χ3v) is 7.64. The maximum atomic E-state index is 13.8. The number of carboxylic acid groups (broad SMARTS) is 1. The zero-order valence-corrected chi connectivity index (χ0v) is 17.3. The molecule has 0 amide bonds. The van der Waals surface area contributed by atoms with E-state index < -0.39 is 49.7 Å². The average Bonchev–Trinajstić information content (AvgIpc) is 3.24. The second-order valence-corrected chi connectivity index (χ2v) is 9.56. The number of hydrogen-bond donors (Lipinski definition) is 1. The van der Waals surface area contributed by atoms with Crippen molar-refractivity contribution in [2.24, 2.45) is 13.0 Å². The van der Waals surface area contributed by atoms with Crippen molar-refractivity contribution < 1.29 is 36.2 Å². The first-order valence-electron chi connectivity index (χ1n) is 9.08. The molecule has 1 aliphatic carbocycles. The lowest BCUT2D eigenvalue weighted by Crippen LogP contribution is -2.24. The van der Waals surface area contributed by atoms with Crippen LogP contribution >= 0.6 is 0 Å². The van der Waals surface area contributed by atoms with E-state index in [-0.39, 0.29) is 18.4 Å². The Bertz CT molecular complexity index is 1080. The smallest absolute Gasteiger partial charge is 0.417 e. The van der Waals surface area contributed by atoms with Gasteiger partial charge in [-0.15, -0.1) is 0 Å². The molecule has 3 atom stereocenters. The Morgan fingerprint density at radius 2 is 1.93 bits per heavy atom. The summed E-state index contributed by atoms with van der Waals surface area (Å²) >= 11 is 0. The summed E-state index contributed by atoms with van der Waals surface area (Å²) in [5, 5.41) is 12.1. The molecule has 1 saturated carbocycles. The topological polar surface area (TPSA) is 98.5 Å². The Morgan fingerprint density at radius 1 is 1.27 bits per heavy atom. The van der Waals surface area contributed by atoms with Gasteiger partial charge in [-0.1, -0.05) is 6.07 Å². The second kappa shape index (κ2) is 7.69. The Balaban J connectivity index is 2.09. The quantitative estimate of drug-likeness (QED) is 0.758. The molecule has 1 heterocycles. The Morgan fingerprint density at radius 3 is 2.40 bits per heavy atom. The predicted octanol–water partition coefficient (Wildman–Crippen LogP) is 3.07. The molecule has 30 heavy (non-hydrogen) atoms. The maximum Gasteiger partial charge on any atom is 0.417 e. The van der Waals surface area contributed by atoms with E-state index in [1.807, 2.05) is 0 Å². The van der Waals surface area contributed by atoms with Crippen LogP contribution in [0.5, 0.6) is 0 Å². The lowest BCUT2D eigenvalue weighted by atomic mass is 10.1. The van der Waals surface area contributed by atoms with Crippen LogP contribution in [0.4, 0.5) is 13.2 Å². The summed E-state index contributed by atoms with van der Waals surface area (Å²) in [5.74, 6) is -2.33. The number of rotatable bonds is 5. The molecule has 7 nitrogen and oxygen atoms in total. The largest absolute Gasteiger partial charge is 0.481 e. The molecule has 1 N–H and O–H groups in total. The van der Waals surface area contributed by atoms with E-state index in [1.54, 1.807) is 20.0 Å². The number of benzene rings is 1. The van der Waals surface area contributed by atoms with Crippen molar-refractivity contribution in [1.82, 2.24) is 9.78 Å². The number of aryl methyl sites for hydroxylation is 2. The summed E-state index contributed by atoms with van der Waals surface area (Å²) in [4.78, 5) is 10.5. The molecular formula is C19H21F3N2O5S. The van der Waals surface area contributed by atoms with Gasteiger partial charge in [-0.25, -0.2) is 8.42 Å². The van der Waals surface area contributed by atoms with Gasteiger partial charge in [0.15, 0.2) is 9.84 Å². The number of halogens is 3. The lowest BCUT2D eigenvalue weighted by Gasteiger charge is -2.18. The highest BCUT2D eigenvalue weighted by Crippen LogP contribution is 2.42. The molecule has 1 fully saturated rings. The number of methoxy groups -OCH3 is 1. The predicted molar refractivity (Wildman–Crippen MR) is 101 cm³/mol. The van der Waals surface area contributed by atoms with Crippen LogP contribution in [-0.4, -0.2) is 47.7 Å². The van der Waals surface area contributed by atoms with Crippen molar-refractivity contribution in [1.29, 1.82) is 0 Å². The molecule has 0 unspecified atom stereocenters. The number of ether oxygens (including phenoxy) is 1. The highest BCUT2D eigenvalue weighted by Gasteiger charge is 2.47. The van der Waals surface area contributed by atoms with Crippen LogP contribution in [-0.2, 0) is 32.6 Å². The van der Waals surface area contributed by atoms with Gasteiger partial charge in [0.05, 0.1) is 39.1 Å². The summed E-state index contributed by atoms with van der Waals surface area (Å²) in [6, 6.07) is 4.63. The standard InChI is InChI=1S/C19H21F3N2O5S/c1-10-6-15(24(2)23-10)11-4-5-17(14(7-11)19(20,21)22)30(27,28)12-8-13(18(25)26)16(9-12)29-3/h4-7,12-13,16H,8-9H2,1-3H3,(H,25,26)/t12-,13-,16-/m0/s1. The van der Waals surface area contributed by atoms with Crippen LogP contribution in [0.3, 0.4) is 0 Å². The number of alkyl halides is 3. The van der Waals surface area contributed by atoms with Crippen molar-refractivity contribution in [3.05, 3.63) is 35.5 Å². The van der Waals surface area contributed by atoms with Crippen LogP contribution in [0.2, 0.25) is 0 Å². The van der Waals surface area contributed by atoms with E-state index >= 15 is 0 Å². The van der Waals surface area contributed by atoms with E-state index in [4.69, 9.17) is 4.74 Å². The highest BCUT2D eigenvalue weighted by atomic mass is 32.2. The number of sulfone groups is 1. The second-order valence-electron chi connectivity index (χ2n) is 7.36. The summed E-state index contributed by atoms with van der Waals surface area (Å²) in [7, 11) is -1.62. The number of aliphatic carboxylic acids is 1. The molecule has 11 heteroatoms. The fraction of sp³-hybridized carbons (Fsp3) is 0.474. The molecule has 1 aromatic heterocycles. The Kier molecular flexibility index (Phi) is 5.72. The van der Waals surface area contributed by atoms with Gasteiger partial charge < -0.3 is 9.84 Å². The van der Waals surface area contributed by atoms with Crippen LogP contribution in [0.15, 0.2) is 29.2 Å². The van der Waals surface area contributed by atoms with Gasteiger partial charge in [0.1, 0.15) is 0 Å². The van der Waals surface area contributed by atoms with Gasteiger partial charge in [0, 0.05) is 19.7 Å². The van der Waals surface area contributed by atoms with Gasteiger partial charge in [-0.05, 0) is 38.0 Å². The normalized spacial score (nSPS) is 22.4. The van der Waals surface area contributed by atoms with Gasteiger partial charge in [-0.3, -0.25) is 9.48 Å². The minimum atomic E-state index is -4.92. The number of carboxylic acids is 1. The van der Waals surface area contributed by atoms with Crippen molar-refractivity contribution in [2.45, 2.75) is 42.2 Å². The van der Waals surface area contributed by atoms with Crippen molar-refractivity contribution >= 4 is 15.8 Å². The molecule has 0 saturated heterocycles. The molecule has 0 aliphatic heterocycles. The summed E-state index contributed by atoms with van der Waals surface area (Å²) in [5.41, 5.74) is -0.0946. The first kappa shape index (κ1) is 22.3. The molecule has 0 spiro atoms. The van der Waals surface area contributed by atoms with Crippen LogP contribution in [0.1, 0.15) is 24.1 Å². The van der Waals surface area contributed by atoms with E-state index in [1.165, 1.54) is 17.9 Å². The summed E-state index contributed by atoms with van der Waals surface area (Å²) < 4.78 is 74.1. The van der Waals surface area contributed by atoms with E-state index in [0.29, 0.717) is 11.4 Å². The lowest BCUT2D eigenvalue weighted by molar-refractivity contribution is -0.145. The minimum absolute atomic E-state index is 0.175. The van der Waals surface area contributed by atoms with Crippen molar-refractivity contribution in [3.63, 3.8) is 0 Å². The van der Waals surface area contributed by atoms with E-state index in [2.05, 4.69) is 5.10 Å². The Hall–Kier alpha value is -2.40. The minimum Gasteiger partial charge on any atom is -0.481 e. The number of hydrogen-bond acceptors (Lipinski definition) is 5. The average molecular weight is 446 g/mol. The first-order chi connectivity index (χ1) is 13.9. The molecule has 1 aromatic carbocycles. The molecule has 2 aromatic rings. The molecule has 0 radical (unpaired) electrons. The van der Waals surface area contributed by atoms with Crippen LogP contribution < -0.4 is 0 Å². The van der Waals surface area contributed by atoms with Gasteiger partial charge >= 0.3 is 12.1 Å². The molecule has 164 valence electrons. The fourth-order valence-corrected chi connectivity index (χ4v) is 5.95.